The number of piperazine rings is 1. The Morgan fingerprint density at radius 3 is 2.52 bits per heavy atom. The molecule has 1 atom stereocenters. The minimum absolute atomic E-state index is 0.00462. The van der Waals surface area contributed by atoms with Gasteiger partial charge >= 0.3 is 0 Å². The lowest BCUT2D eigenvalue weighted by atomic mass is 10.1. The molecule has 1 aliphatic heterocycles. The van der Waals surface area contributed by atoms with Gasteiger partial charge in [-0.05, 0) is 14.0 Å². The lowest BCUT2D eigenvalue weighted by Crippen LogP contribution is -2.58. The monoisotopic (exact) mass is 291 g/mol. The smallest absolute Gasteiger partial charge is 0.274 e. The van der Waals surface area contributed by atoms with Gasteiger partial charge in [0, 0.05) is 39.9 Å². The quantitative estimate of drug-likeness (QED) is 0.743. The van der Waals surface area contributed by atoms with Gasteiger partial charge < -0.3 is 9.80 Å². The third kappa shape index (κ3) is 3.36. The fraction of sp³-hybridized carbons (Fsp3) is 0.571. The topological polar surface area (TPSA) is 69.6 Å². The molecule has 0 radical (unpaired) electrons. The van der Waals surface area contributed by atoms with Crippen molar-refractivity contribution < 1.29 is 9.59 Å². The molecule has 114 valence electrons. The first-order chi connectivity index (χ1) is 9.90. The molecule has 2 amide bonds. The minimum Gasteiger partial charge on any atom is -0.347 e. The van der Waals surface area contributed by atoms with E-state index in [0.29, 0.717) is 25.3 Å². The van der Waals surface area contributed by atoms with Gasteiger partial charge in [0.15, 0.2) is 0 Å². The summed E-state index contributed by atoms with van der Waals surface area (Å²) < 4.78 is 0. The number of carbonyl (C=O) groups excluding carboxylic acids is 2. The van der Waals surface area contributed by atoms with Crippen LogP contribution in [0.5, 0.6) is 0 Å². The maximum absolute atomic E-state index is 12.4. The maximum atomic E-state index is 12.4. The van der Waals surface area contributed by atoms with Gasteiger partial charge in [0.25, 0.3) is 5.91 Å². The number of amides is 2. The second kappa shape index (κ2) is 6.17. The van der Waals surface area contributed by atoms with Crippen LogP contribution in [0.15, 0.2) is 12.4 Å². The molecule has 7 nitrogen and oxygen atoms in total. The SMILES string of the molecule is Cc1cnc(C(=O)N2CCN(C)[C@H](C(=O)N(C)C)C2)cn1. The molecule has 0 saturated carbocycles. The average molecular weight is 291 g/mol. The highest BCUT2D eigenvalue weighted by Crippen LogP contribution is 2.12. The van der Waals surface area contributed by atoms with E-state index < -0.39 is 0 Å². The van der Waals surface area contributed by atoms with Crippen LogP contribution >= 0.6 is 0 Å². The molecule has 0 bridgehead atoms. The first-order valence-electron chi connectivity index (χ1n) is 6.89. The number of nitrogens with zero attached hydrogens (tertiary/aromatic N) is 5. The Bertz CT molecular complexity index is 529. The largest absolute Gasteiger partial charge is 0.347 e. The molecule has 1 fully saturated rings. The Hall–Kier alpha value is -2.02. The van der Waals surface area contributed by atoms with Crippen LogP contribution in [0.1, 0.15) is 16.2 Å². The standard InChI is InChI=1S/C14H21N5O2/c1-10-7-16-11(8-15-10)13(20)19-6-5-18(4)12(9-19)14(21)17(2)3/h7-8,12H,5-6,9H2,1-4H3/t12-/m0/s1. The molecule has 2 heterocycles. The van der Waals surface area contributed by atoms with Crippen LogP contribution in [0, 0.1) is 6.92 Å². The number of hydrogen-bond acceptors (Lipinski definition) is 5. The Morgan fingerprint density at radius 1 is 1.24 bits per heavy atom. The van der Waals surface area contributed by atoms with E-state index in [1.807, 2.05) is 18.9 Å². The molecule has 0 unspecified atom stereocenters. The maximum Gasteiger partial charge on any atom is 0.274 e. The number of carbonyl (C=O) groups is 2. The van der Waals surface area contributed by atoms with E-state index in [2.05, 4.69) is 9.97 Å². The van der Waals surface area contributed by atoms with Gasteiger partial charge in [-0.25, -0.2) is 4.98 Å². The summed E-state index contributed by atoms with van der Waals surface area (Å²) >= 11 is 0. The minimum atomic E-state index is -0.309. The van der Waals surface area contributed by atoms with Gasteiger partial charge in [0.2, 0.25) is 5.91 Å². The summed E-state index contributed by atoms with van der Waals surface area (Å²) in [6.45, 7) is 3.45. The number of aromatic nitrogens is 2. The van der Waals surface area contributed by atoms with Crippen molar-refractivity contribution in [3.63, 3.8) is 0 Å². The van der Waals surface area contributed by atoms with Crippen molar-refractivity contribution in [2.75, 3.05) is 40.8 Å². The van der Waals surface area contributed by atoms with Gasteiger partial charge in [-0.1, -0.05) is 0 Å². The van der Waals surface area contributed by atoms with Crippen LogP contribution in [0.25, 0.3) is 0 Å². The van der Waals surface area contributed by atoms with E-state index in [0.717, 1.165) is 5.69 Å². The lowest BCUT2D eigenvalue weighted by molar-refractivity contribution is -0.135. The van der Waals surface area contributed by atoms with Crippen LogP contribution < -0.4 is 0 Å². The molecular formula is C14H21N5O2. The van der Waals surface area contributed by atoms with Crippen LogP contribution in [0.4, 0.5) is 0 Å². The summed E-state index contributed by atoms with van der Waals surface area (Å²) in [5.74, 6) is -0.169. The predicted octanol–water partition coefficient (Wildman–Crippen LogP) is -0.371. The van der Waals surface area contributed by atoms with E-state index in [1.165, 1.54) is 6.20 Å². The number of aryl methyl sites for hydroxylation is 1. The van der Waals surface area contributed by atoms with Gasteiger partial charge in [-0.3, -0.25) is 19.5 Å². The second-order valence-electron chi connectivity index (χ2n) is 5.52. The molecule has 0 aliphatic carbocycles. The molecule has 0 spiro atoms. The van der Waals surface area contributed by atoms with Crippen molar-refractivity contribution in [3.05, 3.63) is 23.8 Å². The normalized spacial score (nSPS) is 19.4. The third-order valence-electron chi connectivity index (χ3n) is 3.66. The summed E-state index contributed by atoms with van der Waals surface area (Å²) in [7, 11) is 5.35. The zero-order valence-corrected chi connectivity index (χ0v) is 12.9. The number of rotatable bonds is 2. The Morgan fingerprint density at radius 2 is 1.95 bits per heavy atom. The summed E-state index contributed by atoms with van der Waals surface area (Å²) in [5, 5.41) is 0. The van der Waals surface area contributed by atoms with Crippen LogP contribution in [-0.4, -0.2) is 83.3 Å². The highest BCUT2D eigenvalue weighted by molar-refractivity contribution is 5.93. The van der Waals surface area contributed by atoms with E-state index in [4.69, 9.17) is 0 Å². The molecule has 1 aromatic rings. The van der Waals surface area contributed by atoms with Gasteiger partial charge in [0.05, 0.1) is 11.9 Å². The van der Waals surface area contributed by atoms with Crippen molar-refractivity contribution in [1.29, 1.82) is 0 Å². The summed E-state index contributed by atoms with van der Waals surface area (Å²) in [6, 6.07) is -0.309. The van der Waals surface area contributed by atoms with Crippen LogP contribution in [0.2, 0.25) is 0 Å². The molecule has 1 saturated heterocycles. The molecular weight excluding hydrogens is 270 g/mol. The molecule has 1 aromatic heterocycles. The summed E-state index contributed by atoms with van der Waals surface area (Å²) in [6.07, 6.45) is 3.06. The Balaban J connectivity index is 2.12. The Labute approximate surface area is 124 Å². The van der Waals surface area contributed by atoms with Crippen LogP contribution in [0.3, 0.4) is 0 Å². The first kappa shape index (κ1) is 15.4. The predicted molar refractivity (Wildman–Crippen MR) is 77.8 cm³/mol. The molecule has 0 N–H and O–H groups in total. The molecule has 7 heteroatoms. The van der Waals surface area contributed by atoms with Gasteiger partial charge in [-0.15, -0.1) is 0 Å². The average Bonchev–Trinajstić information content (AvgIpc) is 2.47. The van der Waals surface area contributed by atoms with Crippen molar-refractivity contribution in [3.8, 4) is 0 Å². The fourth-order valence-electron chi connectivity index (χ4n) is 2.29. The lowest BCUT2D eigenvalue weighted by Gasteiger charge is -2.39. The van der Waals surface area contributed by atoms with Crippen molar-refractivity contribution in [2.45, 2.75) is 13.0 Å². The highest BCUT2D eigenvalue weighted by Gasteiger charge is 2.33. The van der Waals surface area contributed by atoms with E-state index in [-0.39, 0.29) is 17.9 Å². The van der Waals surface area contributed by atoms with E-state index >= 15 is 0 Å². The molecule has 0 aromatic carbocycles. The Kier molecular flexibility index (Phi) is 4.52. The van der Waals surface area contributed by atoms with Gasteiger partial charge in [0.1, 0.15) is 11.7 Å². The summed E-state index contributed by atoms with van der Waals surface area (Å²) in [4.78, 5) is 38.0. The first-order valence-corrected chi connectivity index (χ1v) is 6.89. The second-order valence-corrected chi connectivity index (χ2v) is 5.52. The van der Waals surface area contributed by atoms with Crippen molar-refractivity contribution in [2.24, 2.45) is 0 Å². The zero-order chi connectivity index (χ0) is 15.6. The van der Waals surface area contributed by atoms with Crippen molar-refractivity contribution in [1.82, 2.24) is 24.7 Å². The molecule has 21 heavy (non-hydrogen) atoms. The molecule has 1 aliphatic rings. The van der Waals surface area contributed by atoms with E-state index in [1.54, 1.807) is 30.1 Å². The zero-order valence-electron chi connectivity index (χ0n) is 12.9. The molecule has 2 rings (SSSR count). The number of likely N-dealkylation sites (N-methyl/N-ethyl adjacent to an activating group) is 2. The van der Waals surface area contributed by atoms with E-state index in [9.17, 15) is 9.59 Å². The van der Waals surface area contributed by atoms with Crippen LogP contribution in [-0.2, 0) is 4.79 Å². The number of hydrogen-bond donors (Lipinski definition) is 0. The van der Waals surface area contributed by atoms with Gasteiger partial charge in [-0.2, -0.15) is 0 Å². The summed E-state index contributed by atoms with van der Waals surface area (Å²) in [5.41, 5.74) is 1.09. The third-order valence-corrected chi connectivity index (χ3v) is 3.66. The fourth-order valence-corrected chi connectivity index (χ4v) is 2.29. The highest BCUT2D eigenvalue weighted by atomic mass is 16.2. The van der Waals surface area contributed by atoms with Crippen molar-refractivity contribution >= 4 is 11.8 Å².